The molecule has 27 heavy (non-hydrogen) atoms. The first-order chi connectivity index (χ1) is 13.0. The lowest BCUT2D eigenvalue weighted by Crippen LogP contribution is -2.49. The molecule has 7 heteroatoms. The number of hydrogen-bond acceptors (Lipinski definition) is 5. The number of amides is 2. The topological polar surface area (TPSA) is 65.1 Å². The molecule has 3 aliphatic rings. The quantitative estimate of drug-likeness (QED) is 0.728. The Morgan fingerprint density at radius 3 is 2.63 bits per heavy atom. The summed E-state index contributed by atoms with van der Waals surface area (Å²) in [5.41, 5.74) is -0.342. The zero-order valence-electron chi connectivity index (χ0n) is 17.0. The molecule has 1 saturated carbocycles. The number of piperidine rings is 1. The number of carbonyl (C=O) groups is 2. The van der Waals surface area contributed by atoms with Crippen molar-refractivity contribution in [3.05, 3.63) is 0 Å². The Labute approximate surface area is 163 Å². The zero-order chi connectivity index (χ0) is 19.3. The Morgan fingerprint density at radius 1 is 1.26 bits per heavy atom. The first-order valence-electron chi connectivity index (χ1n) is 10.6. The van der Waals surface area contributed by atoms with E-state index in [1.807, 2.05) is 4.90 Å². The molecule has 0 aromatic carbocycles. The number of nitrogens with zero attached hydrogens (tertiary/aromatic N) is 3. The van der Waals surface area contributed by atoms with Crippen LogP contribution < -0.4 is 5.32 Å². The Bertz CT molecular complexity index is 513. The highest BCUT2D eigenvalue weighted by Gasteiger charge is 2.46. The third-order valence-electron chi connectivity index (χ3n) is 6.59. The summed E-state index contributed by atoms with van der Waals surface area (Å²) in [6, 6.07) is 0.722. The molecule has 0 unspecified atom stereocenters. The highest BCUT2D eigenvalue weighted by atomic mass is 16.6. The molecule has 154 valence electrons. The summed E-state index contributed by atoms with van der Waals surface area (Å²) in [5.74, 6) is 0.0399. The van der Waals surface area contributed by atoms with Crippen molar-refractivity contribution in [2.24, 2.45) is 0 Å². The van der Waals surface area contributed by atoms with Crippen LogP contribution in [0.1, 0.15) is 51.4 Å². The van der Waals surface area contributed by atoms with E-state index in [4.69, 9.17) is 4.74 Å². The summed E-state index contributed by atoms with van der Waals surface area (Å²) in [7, 11) is 3.89. The highest BCUT2D eigenvalue weighted by Crippen LogP contribution is 2.33. The molecule has 2 heterocycles. The number of rotatable bonds is 7. The summed E-state index contributed by atoms with van der Waals surface area (Å²) in [5, 5.41) is 2.67. The number of likely N-dealkylation sites (N-methyl/N-ethyl adjacent to an activating group) is 1. The summed E-state index contributed by atoms with van der Waals surface area (Å²) >= 11 is 0. The van der Waals surface area contributed by atoms with E-state index in [0.717, 1.165) is 51.5 Å². The third-order valence-corrected chi connectivity index (χ3v) is 6.59. The first-order valence-corrected chi connectivity index (χ1v) is 10.6. The predicted octanol–water partition coefficient (Wildman–Crippen LogP) is 1.67. The first kappa shape index (κ1) is 20.4. The number of ether oxygens (including phenoxy) is 1. The monoisotopic (exact) mass is 380 g/mol. The SMILES string of the molecule is CNC(=O)CN1CCC2(CC1)CN(CCCN(C)C1CCCCC1)C(=O)O2. The molecule has 2 amide bonds. The van der Waals surface area contributed by atoms with Gasteiger partial charge in [-0.2, -0.15) is 0 Å². The van der Waals surface area contributed by atoms with Gasteiger partial charge in [0.15, 0.2) is 0 Å². The second-order valence-electron chi connectivity index (χ2n) is 8.55. The van der Waals surface area contributed by atoms with Gasteiger partial charge < -0.3 is 19.9 Å². The average molecular weight is 381 g/mol. The summed E-state index contributed by atoms with van der Waals surface area (Å²) in [6.07, 6.45) is 9.20. The van der Waals surface area contributed by atoms with Gasteiger partial charge in [0.1, 0.15) is 5.60 Å². The largest absolute Gasteiger partial charge is 0.441 e. The molecule has 3 rings (SSSR count). The van der Waals surface area contributed by atoms with E-state index in [1.54, 1.807) is 7.05 Å². The molecule has 0 aromatic heterocycles. The van der Waals surface area contributed by atoms with Crippen LogP contribution in [0.3, 0.4) is 0 Å². The van der Waals surface area contributed by atoms with E-state index in [2.05, 4.69) is 22.2 Å². The maximum absolute atomic E-state index is 12.3. The summed E-state index contributed by atoms with van der Waals surface area (Å²) in [6.45, 7) is 4.56. The second-order valence-corrected chi connectivity index (χ2v) is 8.55. The number of carbonyl (C=O) groups excluding carboxylic acids is 2. The molecule has 1 spiro atoms. The summed E-state index contributed by atoms with van der Waals surface area (Å²) < 4.78 is 5.80. The van der Waals surface area contributed by atoms with Crippen LogP contribution >= 0.6 is 0 Å². The third kappa shape index (κ3) is 5.35. The molecule has 0 bridgehead atoms. The van der Waals surface area contributed by atoms with Gasteiger partial charge in [-0.15, -0.1) is 0 Å². The smallest absolute Gasteiger partial charge is 0.410 e. The fraction of sp³-hybridized carbons (Fsp3) is 0.900. The van der Waals surface area contributed by atoms with Gasteiger partial charge >= 0.3 is 6.09 Å². The number of hydrogen-bond donors (Lipinski definition) is 1. The van der Waals surface area contributed by atoms with Crippen LogP contribution in [-0.4, -0.2) is 91.7 Å². The van der Waals surface area contributed by atoms with Crippen molar-refractivity contribution in [1.29, 1.82) is 0 Å². The van der Waals surface area contributed by atoms with E-state index in [1.165, 1.54) is 32.1 Å². The van der Waals surface area contributed by atoms with Gasteiger partial charge in [0.2, 0.25) is 5.91 Å². The average Bonchev–Trinajstić information content (AvgIpc) is 2.99. The predicted molar refractivity (Wildman–Crippen MR) is 105 cm³/mol. The Balaban J connectivity index is 1.39. The van der Waals surface area contributed by atoms with Crippen molar-refractivity contribution < 1.29 is 14.3 Å². The van der Waals surface area contributed by atoms with Gasteiger partial charge in [-0.1, -0.05) is 19.3 Å². The van der Waals surface area contributed by atoms with E-state index in [9.17, 15) is 9.59 Å². The molecule has 0 radical (unpaired) electrons. The lowest BCUT2D eigenvalue weighted by atomic mass is 9.91. The van der Waals surface area contributed by atoms with Crippen LogP contribution in [0.5, 0.6) is 0 Å². The van der Waals surface area contributed by atoms with Gasteiger partial charge in [0.05, 0.1) is 13.1 Å². The van der Waals surface area contributed by atoms with Crippen molar-refractivity contribution in [3.8, 4) is 0 Å². The number of likely N-dealkylation sites (tertiary alicyclic amines) is 1. The van der Waals surface area contributed by atoms with Crippen LogP contribution in [0, 0.1) is 0 Å². The second kappa shape index (κ2) is 9.24. The van der Waals surface area contributed by atoms with Crippen molar-refractivity contribution in [2.75, 3.05) is 53.4 Å². The van der Waals surface area contributed by atoms with E-state index in [0.29, 0.717) is 13.1 Å². The van der Waals surface area contributed by atoms with Crippen LogP contribution in [-0.2, 0) is 9.53 Å². The van der Waals surface area contributed by atoms with E-state index < -0.39 is 0 Å². The standard InChI is InChI=1S/C20H36N4O3/c1-21-18(25)15-23-13-9-20(10-14-23)16-24(19(26)27-20)12-6-11-22(2)17-7-4-3-5-8-17/h17H,3-16H2,1-2H3,(H,21,25). The number of nitrogens with one attached hydrogen (secondary N) is 1. The van der Waals surface area contributed by atoms with E-state index >= 15 is 0 Å². The van der Waals surface area contributed by atoms with Crippen LogP contribution in [0.2, 0.25) is 0 Å². The lowest BCUT2D eigenvalue weighted by Gasteiger charge is -2.37. The van der Waals surface area contributed by atoms with E-state index in [-0.39, 0.29) is 17.6 Å². The van der Waals surface area contributed by atoms with Crippen LogP contribution in [0.15, 0.2) is 0 Å². The minimum absolute atomic E-state index is 0.0399. The van der Waals surface area contributed by atoms with Crippen molar-refractivity contribution in [3.63, 3.8) is 0 Å². The normalized spacial score (nSPS) is 23.8. The van der Waals surface area contributed by atoms with Gasteiger partial charge in [-0.3, -0.25) is 9.69 Å². The molecular weight excluding hydrogens is 344 g/mol. The molecule has 3 fully saturated rings. The molecule has 1 N–H and O–H groups in total. The fourth-order valence-corrected chi connectivity index (χ4v) is 4.74. The molecule has 0 aromatic rings. The maximum Gasteiger partial charge on any atom is 0.410 e. The van der Waals surface area contributed by atoms with Crippen molar-refractivity contribution in [1.82, 2.24) is 20.0 Å². The van der Waals surface area contributed by atoms with Gasteiger partial charge in [-0.25, -0.2) is 4.79 Å². The maximum atomic E-state index is 12.3. The minimum Gasteiger partial charge on any atom is -0.441 e. The molecule has 2 aliphatic heterocycles. The Morgan fingerprint density at radius 2 is 1.96 bits per heavy atom. The molecule has 1 aliphatic carbocycles. The lowest BCUT2D eigenvalue weighted by molar-refractivity contribution is -0.122. The highest BCUT2D eigenvalue weighted by molar-refractivity contribution is 5.77. The van der Waals surface area contributed by atoms with Gasteiger partial charge in [0.25, 0.3) is 0 Å². The Hall–Kier alpha value is -1.34. The minimum atomic E-state index is -0.342. The molecular formula is C20H36N4O3. The van der Waals surface area contributed by atoms with Gasteiger partial charge in [0, 0.05) is 45.6 Å². The summed E-state index contributed by atoms with van der Waals surface area (Å²) in [4.78, 5) is 30.4. The molecule has 7 nitrogen and oxygen atoms in total. The zero-order valence-corrected chi connectivity index (χ0v) is 17.0. The van der Waals surface area contributed by atoms with Crippen LogP contribution in [0.4, 0.5) is 4.79 Å². The van der Waals surface area contributed by atoms with Crippen LogP contribution in [0.25, 0.3) is 0 Å². The molecule has 0 atom stereocenters. The fourth-order valence-electron chi connectivity index (χ4n) is 4.74. The van der Waals surface area contributed by atoms with Crippen molar-refractivity contribution >= 4 is 12.0 Å². The molecule has 2 saturated heterocycles. The Kier molecular flexibility index (Phi) is 6.98. The van der Waals surface area contributed by atoms with Gasteiger partial charge in [-0.05, 0) is 32.9 Å². The van der Waals surface area contributed by atoms with Crippen molar-refractivity contribution in [2.45, 2.75) is 63.0 Å².